The molecule has 0 radical (unpaired) electrons. The maximum absolute atomic E-state index is 12.4. The van der Waals surface area contributed by atoms with E-state index in [9.17, 15) is 4.79 Å². The third-order valence-electron chi connectivity index (χ3n) is 3.87. The van der Waals surface area contributed by atoms with Crippen LogP contribution in [0, 0.1) is 0 Å². The normalized spacial score (nSPS) is 33.3. The molecule has 4 nitrogen and oxygen atoms in total. The number of carbonyl (C=O) groups excluding carboxylic acids is 1. The van der Waals surface area contributed by atoms with E-state index in [4.69, 9.17) is 10.5 Å². The first-order valence-electron chi connectivity index (χ1n) is 6.28. The molecular weight excluding hydrogens is 204 g/mol. The van der Waals surface area contributed by atoms with E-state index in [-0.39, 0.29) is 18.1 Å². The van der Waals surface area contributed by atoms with Gasteiger partial charge in [-0.3, -0.25) is 4.79 Å². The van der Waals surface area contributed by atoms with E-state index < -0.39 is 5.54 Å². The first-order valence-corrected chi connectivity index (χ1v) is 6.28. The molecule has 2 fully saturated rings. The highest BCUT2D eigenvalue weighted by Gasteiger charge is 2.45. The van der Waals surface area contributed by atoms with Crippen molar-refractivity contribution in [1.82, 2.24) is 4.90 Å². The monoisotopic (exact) mass is 226 g/mol. The molecule has 1 aliphatic carbocycles. The number of carbonyl (C=O) groups is 1. The van der Waals surface area contributed by atoms with E-state index in [1.807, 2.05) is 11.8 Å². The molecule has 0 aromatic carbocycles. The van der Waals surface area contributed by atoms with Gasteiger partial charge in [0, 0.05) is 6.54 Å². The van der Waals surface area contributed by atoms with Crippen molar-refractivity contribution in [3.05, 3.63) is 0 Å². The van der Waals surface area contributed by atoms with Gasteiger partial charge in [0.25, 0.3) is 0 Å². The third-order valence-corrected chi connectivity index (χ3v) is 3.87. The number of ether oxygens (including phenoxy) is 1. The molecule has 1 saturated carbocycles. The number of nitrogens with two attached hydrogens (primary N) is 1. The van der Waals surface area contributed by atoms with Crippen LogP contribution in [-0.4, -0.2) is 41.6 Å². The average Bonchev–Trinajstić information content (AvgIpc) is 2.25. The number of hydrogen-bond donors (Lipinski definition) is 1. The predicted octanol–water partition coefficient (Wildman–Crippen LogP) is 0.894. The standard InChI is InChI=1S/C12H22N2O2/c1-3-10-8-16-9(2)7-14(10)11(15)12(13)5-4-6-12/h9-10H,3-8,13H2,1-2H3. The highest BCUT2D eigenvalue weighted by atomic mass is 16.5. The molecule has 2 N–H and O–H groups in total. The molecule has 4 heteroatoms. The Morgan fingerprint density at radius 2 is 2.25 bits per heavy atom. The van der Waals surface area contributed by atoms with Gasteiger partial charge in [-0.05, 0) is 32.6 Å². The van der Waals surface area contributed by atoms with Crippen molar-refractivity contribution in [2.24, 2.45) is 5.73 Å². The summed E-state index contributed by atoms with van der Waals surface area (Å²) in [6.45, 7) is 5.44. The summed E-state index contributed by atoms with van der Waals surface area (Å²) in [7, 11) is 0. The smallest absolute Gasteiger partial charge is 0.243 e. The minimum Gasteiger partial charge on any atom is -0.375 e. The Hall–Kier alpha value is -0.610. The van der Waals surface area contributed by atoms with Gasteiger partial charge in [0.15, 0.2) is 0 Å². The lowest BCUT2D eigenvalue weighted by atomic mass is 9.76. The molecule has 1 saturated heterocycles. The van der Waals surface area contributed by atoms with E-state index in [0.29, 0.717) is 13.2 Å². The molecule has 0 bridgehead atoms. The molecule has 0 spiro atoms. The zero-order valence-electron chi connectivity index (χ0n) is 10.2. The number of hydrogen-bond acceptors (Lipinski definition) is 3. The fourth-order valence-corrected chi connectivity index (χ4v) is 2.49. The summed E-state index contributed by atoms with van der Waals surface area (Å²) in [6.07, 6.45) is 3.84. The summed E-state index contributed by atoms with van der Waals surface area (Å²) in [5.74, 6) is 0.140. The summed E-state index contributed by atoms with van der Waals surface area (Å²) in [5.41, 5.74) is 5.54. The van der Waals surface area contributed by atoms with Crippen LogP contribution in [0.4, 0.5) is 0 Å². The lowest BCUT2D eigenvalue weighted by molar-refractivity contribution is -0.153. The van der Waals surface area contributed by atoms with Crippen molar-refractivity contribution in [3.63, 3.8) is 0 Å². The van der Waals surface area contributed by atoms with E-state index in [0.717, 1.165) is 25.7 Å². The number of rotatable bonds is 2. The number of amides is 1. The second-order valence-electron chi connectivity index (χ2n) is 5.17. The summed E-state index contributed by atoms with van der Waals surface area (Å²) in [5, 5.41) is 0. The molecule has 2 aliphatic rings. The fourth-order valence-electron chi connectivity index (χ4n) is 2.49. The van der Waals surface area contributed by atoms with Gasteiger partial charge >= 0.3 is 0 Å². The Labute approximate surface area is 97.1 Å². The average molecular weight is 226 g/mol. The van der Waals surface area contributed by atoms with E-state index in [1.165, 1.54) is 0 Å². The van der Waals surface area contributed by atoms with Crippen LogP contribution in [0.15, 0.2) is 0 Å². The summed E-state index contributed by atoms with van der Waals surface area (Å²) >= 11 is 0. The highest BCUT2D eigenvalue weighted by Crippen LogP contribution is 2.32. The van der Waals surface area contributed by atoms with Crippen molar-refractivity contribution in [2.75, 3.05) is 13.2 Å². The Morgan fingerprint density at radius 1 is 1.56 bits per heavy atom. The van der Waals surface area contributed by atoms with Crippen LogP contribution in [0.3, 0.4) is 0 Å². The largest absolute Gasteiger partial charge is 0.375 e. The molecule has 0 aromatic heterocycles. The molecule has 1 heterocycles. The van der Waals surface area contributed by atoms with Crippen LogP contribution in [0.25, 0.3) is 0 Å². The van der Waals surface area contributed by atoms with Crippen molar-refractivity contribution >= 4 is 5.91 Å². The maximum Gasteiger partial charge on any atom is 0.243 e. The first-order chi connectivity index (χ1) is 7.57. The Kier molecular flexibility index (Phi) is 3.22. The van der Waals surface area contributed by atoms with Gasteiger partial charge in [0.1, 0.15) is 0 Å². The van der Waals surface area contributed by atoms with Gasteiger partial charge in [-0.15, -0.1) is 0 Å². The van der Waals surface area contributed by atoms with Crippen LogP contribution in [0.5, 0.6) is 0 Å². The van der Waals surface area contributed by atoms with Crippen molar-refractivity contribution in [1.29, 1.82) is 0 Å². The predicted molar refractivity (Wildman–Crippen MR) is 62.0 cm³/mol. The number of nitrogens with zero attached hydrogens (tertiary/aromatic N) is 1. The van der Waals surface area contributed by atoms with Gasteiger partial charge in [0.2, 0.25) is 5.91 Å². The van der Waals surface area contributed by atoms with Gasteiger partial charge in [-0.25, -0.2) is 0 Å². The summed E-state index contributed by atoms with van der Waals surface area (Å²) in [4.78, 5) is 14.3. The molecule has 2 unspecified atom stereocenters. The minimum absolute atomic E-state index is 0.135. The molecule has 92 valence electrons. The van der Waals surface area contributed by atoms with Crippen molar-refractivity contribution < 1.29 is 9.53 Å². The molecule has 2 atom stereocenters. The van der Waals surface area contributed by atoms with Crippen molar-refractivity contribution in [2.45, 2.75) is 57.2 Å². The van der Waals surface area contributed by atoms with Gasteiger partial charge in [-0.1, -0.05) is 6.92 Å². The zero-order chi connectivity index (χ0) is 11.8. The summed E-state index contributed by atoms with van der Waals surface area (Å²) in [6, 6.07) is 0.213. The van der Waals surface area contributed by atoms with Crippen LogP contribution in [0.1, 0.15) is 39.5 Å². The molecule has 2 rings (SSSR count). The lowest BCUT2D eigenvalue weighted by Gasteiger charge is -2.46. The quantitative estimate of drug-likeness (QED) is 0.761. The molecule has 0 aromatic rings. The van der Waals surface area contributed by atoms with Gasteiger partial charge < -0.3 is 15.4 Å². The van der Waals surface area contributed by atoms with Gasteiger partial charge in [0.05, 0.1) is 24.3 Å². The lowest BCUT2D eigenvalue weighted by Crippen LogP contribution is -2.64. The van der Waals surface area contributed by atoms with E-state index in [2.05, 4.69) is 6.92 Å². The molecule has 1 aliphatic heterocycles. The van der Waals surface area contributed by atoms with E-state index in [1.54, 1.807) is 0 Å². The van der Waals surface area contributed by atoms with Crippen LogP contribution in [0.2, 0.25) is 0 Å². The van der Waals surface area contributed by atoms with Crippen LogP contribution < -0.4 is 5.73 Å². The third kappa shape index (κ3) is 1.96. The second-order valence-corrected chi connectivity index (χ2v) is 5.17. The minimum atomic E-state index is -0.565. The fraction of sp³-hybridized carbons (Fsp3) is 0.917. The van der Waals surface area contributed by atoms with Crippen molar-refractivity contribution in [3.8, 4) is 0 Å². The second kappa shape index (κ2) is 4.34. The zero-order valence-corrected chi connectivity index (χ0v) is 10.2. The molecule has 1 amide bonds. The topological polar surface area (TPSA) is 55.6 Å². The summed E-state index contributed by atoms with van der Waals surface area (Å²) < 4.78 is 5.59. The Balaban J connectivity index is 2.07. The molecular formula is C12H22N2O2. The van der Waals surface area contributed by atoms with Gasteiger partial charge in [-0.2, -0.15) is 0 Å². The number of morpholine rings is 1. The Bertz CT molecular complexity index is 276. The van der Waals surface area contributed by atoms with Crippen LogP contribution in [-0.2, 0) is 9.53 Å². The maximum atomic E-state index is 12.4. The van der Waals surface area contributed by atoms with E-state index >= 15 is 0 Å². The Morgan fingerprint density at radius 3 is 2.75 bits per heavy atom. The van der Waals surface area contributed by atoms with Crippen LogP contribution >= 0.6 is 0 Å². The highest BCUT2D eigenvalue weighted by molar-refractivity contribution is 5.87. The SMILES string of the molecule is CCC1COC(C)CN1C(=O)C1(N)CCC1. The molecule has 16 heavy (non-hydrogen) atoms. The first kappa shape index (κ1) is 11.9.